The molecule has 0 spiro atoms. The van der Waals surface area contributed by atoms with E-state index < -0.39 is 12.6 Å². The molecule has 0 bridgehead atoms. The summed E-state index contributed by atoms with van der Waals surface area (Å²) >= 11 is 5.47. The van der Waals surface area contributed by atoms with Crippen LogP contribution in [0.4, 0.5) is 0 Å². The quantitative estimate of drug-likeness (QED) is 0.405. The van der Waals surface area contributed by atoms with Crippen LogP contribution in [-0.4, -0.2) is 18.1 Å². The van der Waals surface area contributed by atoms with E-state index in [1.807, 2.05) is 0 Å². The largest absolute Gasteiger partial charge is 0.405 e. The second-order valence-corrected chi connectivity index (χ2v) is 4.10. The van der Waals surface area contributed by atoms with Crippen LogP contribution in [0.1, 0.15) is 0 Å². The van der Waals surface area contributed by atoms with Crippen molar-refractivity contribution in [2.45, 2.75) is 4.80 Å². The van der Waals surface area contributed by atoms with E-state index >= 15 is 0 Å². The minimum Gasteiger partial charge on any atom is -0.320 e. The molecule has 2 nitrogen and oxygen atoms in total. The number of alkyl halides is 1. The zero-order chi connectivity index (χ0) is 5.49. The van der Waals surface area contributed by atoms with Gasteiger partial charge in [-0.15, -0.1) is 0 Å². The van der Waals surface area contributed by atoms with Crippen LogP contribution in [0.25, 0.3) is 0 Å². The SMILES string of the molecule is COC1(Cl)C[P+]1=O. The number of methoxy groups -OCH3 is 1. The summed E-state index contributed by atoms with van der Waals surface area (Å²) in [6.07, 6.45) is 0.514. The summed E-state index contributed by atoms with van der Waals surface area (Å²) in [5.41, 5.74) is 0. The lowest BCUT2D eigenvalue weighted by Gasteiger charge is -1.84. The molecule has 2 atom stereocenters. The summed E-state index contributed by atoms with van der Waals surface area (Å²) in [7, 11) is 0.243. The van der Waals surface area contributed by atoms with Crippen LogP contribution < -0.4 is 0 Å². The summed E-state index contributed by atoms with van der Waals surface area (Å²) in [6.45, 7) is 0. The Morgan fingerprint density at radius 2 is 2.43 bits per heavy atom. The third-order valence-corrected chi connectivity index (χ3v) is 3.40. The average molecular weight is 139 g/mol. The predicted octanol–water partition coefficient (Wildman–Crippen LogP) is 1.37. The molecule has 1 saturated heterocycles. The van der Waals surface area contributed by atoms with Gasteiger partial charge in [0.15, 0.2) is 0 Å². The van der Waals surface area contributed by atoms with Gasteiger partial charge in [0, 0.05) is 7.11 Å². The molecule has 0 aliphatic carbocycles. The van der Waals surface area contributed by atoms with Gasteiger partial charge in [0.25, 0.3) is 0 Å². The molecule has 0 saturated carbocycles. The fraction of sp³-hybridized carbons (Fsp3) is 1.00. The molecular weight excluding hydrogens is 134 g/mol. The molecule has 1 fully saturated rings. The monoisotopic (exact) mass is 139 g/mol. The number of halogens is 1. The van der Waals surface area contributed by atoms with E-state index in [1.54, 1.807) is 0 Å². The maximum Gasteiger partial charge on any atom is 0.405 e. The van der Waals surface area contributed by atoms with Gasteiger partial charge in [-0.05, 0) is 11.6 Å². The highest BCUT2D eigenvalue weighted by Crippen LogP contribution is 2.61. The van der Waals surface area contributed by atoms with E-state index in [0.717, 1.165) is 0 Å². The van der Waals surface area contributed by atoms with Crippen molar-refractivity contribution in [1.29, 1.82) is 0 Å². The minimum absolute atomic E-state index is 0.514. The van der Waals surface area contributed by atoms with Crippen molar-refractivity contribution in [3.05, 3.63) is 0 Å². The van der Waals surface area contributed by atoms with E-state index in [4.69, 9.17) is 11.6 Å². The maximum atomic E-state index is 10.3. The topological polar surface area (TPSA) is 26.3 Å². The van der Waals surface area contributed by atoms with Gasteiger partial charge in [0.2, 0.25) is 6.16 Å². The Balaban J connectivity index is 2.52. The first kappa shape index (κ1) is 5.49. The van der Waals surface area contributed by atoms with Gasteiger partial charge in [0.05, 0.1) is 0 Å². The summed E-state index contributed by atoms with van der Waals surface area (Å²) in [4.78, 5) is -0.769. The van der Waals surface area contributed by atoms with E-state index in [-0.39, 0.29) is 0 Å². The fourth-order valence-corrected chi connectivity index (χ4v) is 1.42. The lowest BCUT2D eigenvalue weighted by Crippen LogP contribution is -1.98. The molecule has 0 radical (unpaired) electrons. The molecule has 1 rings (SSSR count). The smallest absolute Gasteiger partial charge is 0.320 e. The Labute approximate surface area is 47.6 Å². The summed E-state index contributed by atoms with van der Waals surface area (Å²) in [5, 5.41) is 0. The Morgan fingerprint density at radius 3 is 2.43 bits per heavy atom. The van der Waals surface area contributed by atoms with Crippen molar-refractivity contribution >= 4 is 19.4 Å². The Kier molecular flexibility index (Phi) is 1.11. The van der Waals surface area contributed by atoms with Gasteiger partial charge < -0.3 is 4.74 Å². The fourth-order valence-electron chi connectivity index (χ4n) is 0.308. The third-order valence-electron chi connectivity index (χ3n) is 0.920. The Hall–Kier alpha value is 0.350. The van der Waals surface area contributed by atoms with Gasteiger partial charge >= 0.3 is 12.6 Å². The zero-order valence-corrected chi connectivity index (χ0v) is 5.50. The maximum absolute atomic E-state index is 10.3. The highest BCUT2D eigenvalue weighted by atomic mass is 35.5. The van der Waals surface area contributed by atoms with Crippen molar-refractivity contribution in [2.24, 2.45) is 0 Å². The molecule has 0 N–H and O–H groups in total. The summed E-state index contributed by atoms with van der Waals surface area (Å²) < 4.78 is 15.0. The minimum atomic E-state index is -1.22. The first-order valence-corrected chi connectivity index (χ1v) is 3.70. The van der Waals surface area contributed by atoms with Crippen LogP contribution in [-0.2, 0) is 9.30 Å². The van der Waals surface area contributed by atoms with Crippen molar-refractivity contribution < 1.29 is 9.30 Å². The zero-order valence-electron chi connectivity index (χ0n) is 3.85. The molecular formula is C3H5ClO2P+. The van der Waals surface area contributed by atoms with Crippen LogP contribution >= 0.6 is 19.4 Å². The second kappa shape index (κ2) is 1.41. The van der Waals surface area contributed by atoms with Crippen molar-refractivity contribution in [3.8, 4) is 0 Å². The van der Waals surface area contributed by atoms with Gasteiger partial charge in [-0.25, -0.2) is 0 Å². The van der Waals surface area contributed by atoms with E-state index in [9.17, 15) is 4.57 Å². The standard InChI is InChI=1S/C3H5ClO2P/c1-6-3(4)2-7(3)5/h2H2,1H3/q+1. The molecule has 2 unspecified atom stereocenters. The number of rotatable bonds is 1. The molecule has 1 aliphatic heterocycles. The van der Waals surface area contributed by atoms with Crippen LogP contribution in [0, 0.1) is 0 Å². The molecule has 1 heterocycles. The van der Waals surface area contributed by atoms with Crippen LogP contribution in [0.5, 0.6) is 0 Å². The first-order valence-electron chi connectivity index (χ1n) is 1.88. The molecule has 0 amide bonds. The molecule has 0 aromatic heterocycles. The molecule has 1 aliphatic rings. The van der Waals surface area contributed by atoms with Crippen molar-refractivity contribution in [3.63, 3.8) is 0 Å². The third kappa shape index (κ3) is 0.788. The number of hydrogen-bond acceptors (Lipinski definition) is 2. The molecule has 40 valence electrons. The van der Waals surface area contributed by atoms with Gasteiger partial charge in [-0.3, -0.25) is 0 Å². The number of ether oxygens (including phenoxy) is 1. The number of hydrogen-bond donors (Lipinski definition) is 0. The summed E-state index contributed by atoms with van der Waals surface area (Å²) in [5.74, 6) is 0. The lowest BCUT2D eigenvalue weighted by atomic mass is 10.9. The molecule has 0 aromatic carbocycles. The molecule has 7 heavy (non-hydrogen) atoms. The van der Waals surface area contributed by atoms with Crippen molar-refractivity contribution in [2.75, 3.05) is 13.3 Å². The predicted molar refractivity (Wildman–Crippen MR) is 28.1 cm³/mol. The van der Waals surface area contributed by atoms with Crippen molar-refractivity contribution in [1.82, 2.24) is 0 Å². The van der Waals surface area contributed by atoms with Crippen LogP contribution in [0.15, 0.2) is 0 Å². The van der Waals surface area contributed by atoms with E-state index in [0.29, 0.717) is 6.16 Å². The highest BCUT2D eigenvalue weighted by Gasteiger charge is 2.70. The Bertz CT molecular complexity index is 116. The lowest BCUT2D eigenvalue weighted by molar-refractivity contribution is 0.177. The Morgan fingerprint density at radius 1 is 2.00 bits per heavy atom. The van der Waals surface area contributed by atoms with Gasteiger partial charge in [-0.2, -0.15) is 0 Å². The normalized spacial score (nSPS) is 44.0. The summed E-state index contributed by atoms with van der Waals surface area (Å²) in [6, 6.07) is 0. The van der Waals surface area contributed by atoms with Gasteiger partial charge in [-0.1, -0.05) is 4.57 Å². The first-order chi connectivity index (χ1) is 3.19. The van der Waals surface area contributed by atoms with Crippen LogP contribution in [0.2, 0.25) is 0 Å². The second-order valence-electron chi connectivity index (χ2n) is 1.43. The molecule has 0 aromatic rings. The van der Waals surface area contributed by atoms with Gasteiger partial charge in [0.1, 0.15) is 0 Å². The highest BCUT2D eigenvalue weighted by molar-refractivity contribution is 7.57. The van der Waals surface area contributed by atoms with Crippen LogP contribution in [0.3, 0.4) is 0 Å². The van der Waals surface area contributed by atoms with E-state index in [1.165, 1.54) is 7.11 Å². The average Bonchev–Trinajstić information content (AvgIpc) is 2.18. The van der Waals surface area contributed by atoms with E-state index in [2.05, 4.69) is 4.74 Å². The molecule has 4 heteroatoms.